The Balaban J connectivity index is 2.49. The number of likely N-dealkylation sites (N-methyl/N-ethyl adjacent to an activating group) is 1. The molecule has 2 rings (SSSR count). The quantitative estimate of drug-likeness (QED) is 0.574. The summed E-state index contributed by atoms with van der Waals surface area (Å²) in [5.41, 5.74) is 1.86. The number of halogens is 1. The van der Waals surface area contributed by atoms with Gasteiger partial charge in [0.1, 0.15) is 0 Å². The zero-order valence-corrected chi connectivity index (χ0v) is 13.6. The van der Waals surface area contributed by atoms with Gasteiger partial charge < -0.3 is 15.5 Å². The van der Waals surface area contributed by atoms with Crippen molar-refractivity contribution >= 4 is 27.9 Å². The fourth-order valence-electron chi connectivity index (χ4n) is 2.05. The molecule has 0 aliphatic rings. The highest BCUT2D eigenvalue weighted by Gasteiger charge is 2.13. The average molecular weight is 362 g/mol. The van der Waals surface area contributed by atoms with Crippen LogP contribution in [-0.4, -0.2) is 22.7 Å². The van der Waals surface area contributed by atoms with Gasteiger partial charge in [0.05, 0.1) is 0 Å². The molecule has 0 aromatic heterocycles. The lowest BCUT2D eigenvalue weighted by Gasteiger charge is -2.11. The number of benzene rings is 2. The molecule has 22 heavy (non-hydrogen) atoms. The first kappa shape index (κ1) is 16.1. The van der Waals surface area contributed by atoms with Crippen molar-refractivity contribution < 1.29 is 15.0 Å². The monoisotopic (exact) mass is 361 g/mol. The highest BCUT2D eigenvalue weighted by atomic mass is 79.9. The molecule has 114 valence electrons. The number of hydrogen-bond acceptors (Lipinski definition) is 3. The zero-order valence-electron chi connectivity index (χ0n) is 12.0. The van der Waals surface area contributed by atoms with E-state index in [-0.39, 0.29) is 17.4 Å². The van der Waals surface area contributed by atoms with E-state index in [4.69, 9.17) is 0 Å². The molecule has 0 saturated heterocycles. The maximum absolute atomic E-state index is 11.5. The third-order valence-corrected chi connectivity index (χ3v) is 3.62. The van der Waals surface area contributed by atoms with Crippen molar-refractivity contribution in [2.24, 2.45) is 0 Å². The van der Waals surface area contributed by atoms with Crippen LogP contribution in [0.4, 0.5) is 0 Å². The fraction of sp³-hybridized carbons (Fsp3) is 0.118. The Labute approximate surface area is 137 Å². The second-order valence-corrected chi connectivity index (χ2v) is 5.55. The molecule has 5 heteroatoms. The summed E-state index contributed by atoms with van der Waals surface area (Å²) >= 11 is 3.36. The molecular weight excluding hydrogens is 346 g/mol. The normalized spacial score (nSPS) is 10.8. The highest BCUT2D eigenvalue weighted by molar-refractivity contribution is 9.10. The minimum Gasteiger partial charge on any atom is -0.504 e. The molecule has 0 saturated carbocycles. The van der Waals surface area contributed by atoms with Gasteiger partial charge >= 0.3 is 0 Å². The van der Waals surface area contributed by atoms with Crippen LogP contribution in [0, 0.1) is 0 Å². The number of rotatable bonds is 4. The Morgan fingerprint density at radius 1 is 1.18 bits per heavy atom. The van der Waals surface area contributed by atoms with E-state index in [9.17, 15) is 15.0 Å². The van der Waals surface area contributed by atoms with Crippen molar-refractivity contribution in [3.63, 3.8) is 0 Å². The largest absolute Gasteiger partial charge is 0.504 e. The second kappa shape index (κ2) is 7.13. The van der Waals surface area contributed by atoms with E-state index in [1.54, 1.807) is 12.1 Å². The molecule has 0 aliphatic heterocycles. The molecule has 0 spiro atoms. The molecule has 0 aliphatic carbocycles. The summed E-state index contributed by atoms with van der Waals surface area (Å²) in [5.74, 6) is -0.620. The van der Waals surface area contributed by atoms with Gasteiger partial charge in [-0.2, -0.15) is 0 Å². The van der Waals surface area contributed by atoms with Crippen LogP contribution in [0.2, 0.25) is 0 Å². The number of carbonyl (C=O) groups is 1. The lowest BCUT2D eigenvalue weighted by atomic mass is 9.97. The first-order valence-corrected chi connectivity index (χ1v) is 7.59. The van der Waals surface area contributed by atoms with E-state index in [0.29, 0.717) is 17.7 Å². The van der Waals surface area contributed by atoms with Crippen LogP contribution in [0.1, 0.15) is 12.5 Å². The smallest absolute Gasteiger partial charge is 0.243 e. The van der Waals surface area contributed by atoms with Gasteiger partial charge in [0, 0.05) is 22.7 Å². The lowest BCUT2D eigenvalue weighted by Crippen LogP contribution is -2.19. The van der Waals surface area contributed by atoms with Crippen molar-refractivity contribution in [1.82, 2.24) is 5.32 Å². The maximum Gasteiger partial charge on any atom is 0.243 e. The molecule has 0 fully saturated rings. The minimum atomic E-state index is -0.211. The summed E-state index contributed by atoms with van der Waals surface area (Å²) in [6, 6.07) is 10.4. The Bertz CT molecular complexity index is 709. The van der Waals surface area contributed by atoms with Crippen LogP contribution in [-0.2, 0) is 4.79 Å². The molecule has 0 heterocycles. The van der Waals surface area contributed by atoms with Crippen molar-refractivity contribution in [2.75, 3.05) is 6.54 Å². The molecule has 3 N–H and O–H groups in total. The van der Waals surface area contributed by atoms with Gasteiger partial charge in [0.25, 0.3) is 0 Å². The molecule has 0 radical (unpaired) electrons. The number of aromatic hydroxyl groups is 2. The minimum absolute atomic E-state index is 0.201. The van der Waals surface area contributed by atoms with E-state index in [2.05, 4.69) is 21.2 Å². The molecule has 2 aromatic rings. The van der Waals surface area contributed by atoms with E-state index in [1.165, 1.54) is 12.1 Å². The molecule has 1 amide bonds. The highest BCUT2D eigenvalue weighted by Crippen LogP contribution is 2.40. The fourth-order valence-corrected chi connectivity index (χ4v) is 2.32. The second-order valence-electron chi connectivity index (χ2n) is 4.63. The Morgan fingerprint density at radius 2 is 1.86 bits per heavy atom. The predicted octanol–water partition coefficient (Wildman–Crippen LogP) is 3.68. The van der Waals surface area contributed by atoms with E-state index in [0.717, 1.165) is 10.0 Å². The molecular formula is C17H16BrNO3. The summed E-state index contributed by atoms with van der Waals surface area (Å²) < 4.78 is 0.912. The number of amides is 1. The number of hydrogen-bond donors (Lipinski definition) is 3. The van der Waals surface area contributed by atoms with Gasteiger partial charge in [-0.3, -0.25) is 4.79 Å². The molecule has 0 atom stereocenters. The molecule has 0 unspecified atom stereocenters. The Morgan fingerprint density at radius 3 is 2.50 bits per heavy atom. The number of phenolic OH excluding ortho intramolecular Hbond substituents is 2. The summed E-state index contributed by atoms with van der Waals surface area (Å²) in [6.07, 6.45) is 3.01. The lowest BCUT2D eigenvalue weighted by molar-refractivity contribution is -0.116. The van der Waals surface area contributed by atoms with Crippen molar-refractivity contribution in [3.05, 3.63) is 52.5 Å². The number of phenols is 2. The van der Waals surface area contributed by atoms with Crippen molar-refractivity contribution in [1.29, 1.82) is 0 Å². The van der Waals surface area contributed by atoms with Gasteiger partial charge in [0.2, 0.25) is 5.91 Å². The van der Waals surface area contributed by atoms with Crippen LogP contribution >= 0.6 is 15.9 Å². The van der Waals surface area contributed by atoms with Gasteiger partial charge in [-0.25, -0.2) is 0 Å². The van der Waals surface area contributed by atoms with Crippen LogP contribution in [0.3, 0.4) is 0 Å². The molecule has 0 bridgehead atoms. The van der Waals surface area contributed by atoms with Crippen LogP contribution < -0.4 is 5.32 Å². The summed E-state index contributed by atoms with van der Waals surface area (Å²) in [4.78, 5) is 11.5. The number of carbonyl (C=O) groups excluding carboxylic acids is 1. The topological polar surface area (TPSA) is 69.6 Å². The molecule has 4 nitrogen and oxygen atoms in total. The van der Waals surface area contributed by atoms with Crippen molar-refractivity contribution in [2.45, 2.75) is 6.92 Å². The molecule has 2 aromatic carbocycles. The third kappa shape index (κ3) is 3.68. The third-order valence-electron chi connectivity index (χ3n) is 3.09. The van der Waals surface area contributed by atoms with E-state index >= 15 is 0 Å². The average Bonchev–Trinajstić information content (AvgIpc) is 2.50. The summed E-state index contributed by atoms with van der Waals surface area (Å²) in [6.45, 7) is 2.38. The van der Waals surface area contributed by atoms with E-state index in [1.807, 2.05) is 31.2 Å². The van der Waals surface area contributed by atoms with Crippen LogP contribution in [0.5, 0.6) is 11.5 Å². The Kier molecular flexibility index (Phi) is 5.22. The predicted molar refractivity (Wildman–Crippen MR) is 90.6 cm³/mol. The zero-order chi connectivity index (χ0) is 16.1. The van der Waals surface area contributed by atoms with Gasteiger partial charge in [-0.05, 0) is 42.3 Å². The number of nitrogens with one attached hydrogen (secondary N) is 1. The maximum atomic E-state index is 11.5. The summed E-state index contributed by atoms with van der Waals surface area (Å²) in [5, 5.41) is 22.6. The Hall–Kier alpha value is -2.27. The first-order chi connectivity index (χ1) is 10.5. The van der Waals surface area contributed by atoms with Crippen LogP contribution in [0.15, 0.2) is 46.9 Å². The van der Waals surface area contributed by atoms with Crippen molar-refractivity contribution in [3.8, 4) is 22.6 Å². The first-order valence-electron chi connectivity index (χ1n) is 6.79. The van der Waals surface area contributed by atoms with E-state index < -0.39 is 0 Å². The van der Waals surface area contributed by atoms with Crippen LogP contribution in [0.25, 0.3) is 17.2 Å². The van der Waals surface area contributed by atoms with Gasteiger partial charge in [-0.1, -0.05) is 34.1 Å². The summed E-state index contributed by atoms with van der Waals surface area (Å²) in [7, 11) is 0. The SMILES string of the molecule is CCNC(=O)C=Cc1ccc(O)c(O)c1-c1ccc(Br)cc1. The van der Waals surface area contributed by atoms with Gasteiger partial charge in [0.15, 0.2) is 11.5 Å². The van der Waals surface area contributed by atoms with Gasteiger partial charge in [-0.15, -0.1) is 0 Å². The standard InChI is InChI=1S/C17H16BrNO3/c1-2-19-15(21)10-6-12-5-9-14(20)17(22)16(12)11-3-7-13(18)8-4-11/h3-10,20,22H,2H2,1H3,(H,19,21).